The Morgan fingerprint density at radius 1 is 1.06 bits per heavy atom. The Morgan fingerprint density at radius 3 is 2.55 bits per heavy atom. The maximum atomic E-state index is 13.0. The molecule has 0 bridgehead atoms. The van der Waals surface area contributed by atoms with Crippen molar-refractivity contribution < 1.29 is 28.7 Å². The number of Topliss-reactive ketones (excluding diaryl/α,β-unsaturated/α-hetero) is 1. The second kappa shape index (κ2) is 10.3. The Morgan fingerprint density at radius 2 is 1.81 bits per heavy atom. The molecular formula is C23H28N2O6. The fourth-order valence-electron chi connectivity index (χ4n) is 3.94. The van der Waals surface area contributed by atoms with Crippen molar-refractivity contribution in [2.24, 2.45) is 0 Å². The molecule has 4 amide bonds. The largest absolute Gasteiger partial charge is 0.485 e. The van der Waals surface area contributed by atoms with E-state index in [1.165, 1.54) is 31.4 Å². The van der Waals surface area contributed by atoms with E-state index in [-0.39, 0.29) is 42.1 Å². The Hall–Kier alpha value is -3.03. The summed E-state index contributed by atoms with van der Waals surface area (Å²) in [5, 5.41) is 2.16. The van der Waals surface area contributed by atoms with Crippen molar-refractivity contribution in [1.29, 1.82) is 0 Å². The van der Waals surface area contributed by atoms with Crippen LogP contribution in [0.1, 0.15) is 85.4 Å². The fraction of sp³-hybridized carbons (Fsp3) is 0.522. The normalized spacial score (nSPS) is 18.2. The minimum Gasteiger partial charge on any atom is -0.485 e. The van der Waals surface area contributed by atoms with Gasteiger partial charge in [-0.05, 0) is 25.0 Å². The fourth-order valence-corrected chi connectivity index (χ4v) is 3.94. The predicted molar refractivity (Wildman–Crippen MR) is 112 cm³/mol. The SMILES string of the molecule is CCCCCCCCC(=O)COc1cccc2c1C(=O)N(C1CCC(=O)NC1=O)C2=O. The molecule has 3 rings (SSSR count). The minimum absolute atomic E-state index is 0.0557. The van der Waals surface area contributed by atoms with E-state index < -0.39 is 29.7 Å². The summed E-state index contributed by atoms with van der Waals surface area (Å²) in [6, 6.07) is 3.57. The van der Waals surface area contributed by atoms with Crippen LogP contribution in [0.15, 0.2) is 18.2 Å². The molecule has 1 aromatic carbocycles. The number of piperidine rings is 1. The molecular weight excluding hydrogens is 400 g/mol. The number of imide groups is 2. The first kappa shape index (κ1) is 22.7. The number of unbranched alkanes of at least 4 members (excludes halogenated alkanes) is 5. The van der Waals surface area contributed by atoms with Crippen LogP contribution in [0.25, 0.3) is 0 Å². The van der Waals surface area contributed by atoms with Crippen molar-refractivity contribution in [2.45, 2.75) is 70.8 Å². The number of nitrogens with zero attached hydrogens (tertiary/aromatic N) is 1. The van der Waals surface area contributed by atoms with Gasteiger partial charge in [0.1, 0.15) is 18.4 Å². The van der Waals surface area contributed by atoms with Gasteiger partial charge in [-0.2, -0.15) is 0 Å². The number of fused-ring (bicyclic) bond motifs is 1. The maximum absolute atomic E-state index is 13.0. The highest BCUT2D eigenvalue weighted by Gasteiger charge is 2.46. The van der Waals surface area contributed by atoms with Crippen LogP contribution < -0.4 is 10.1 Å². The van der Waals surface area contributed by atoms with Gasteiger partial charge in [-0.15, -0.1) is 0 Å². The van der Waals surface area contributed by atoms with Gasteiger partial charge in [0.25, 0.3) is 11.8 Å². The molecule has 0 saturated carbocycles. The standard InChI is InChI=1S/C23H28N2O6/c1-2-3-4-5-6-7-9-15(26)14-31-18-11-8-10-16-20(18)23(30)25(22(16)29)17-12-13-19(27)24-21(17)28/h8,10-11,17H,2-7,9,12-14H2,1H3,(H,24,27,28). The number of carbonyl (C=O) groups is 5. The number of carbonyl (C=O) groups excluding carboxylic acids is 5. The lowest BCUT2D eigenvalue weighted by Crippen LogP contribution is -2.54. The summed E-state index contributed by atoms with van der Waals surface area (Å²) in [7, 11) is 0. The first-order valence-corrected chi connectivity index (χ1v) is 10.9. The smallest absolute Gasteiger partial charge is 0.266 e. The summed E-state index contributed by atoms with van der Waals surface area (Å²) < 4.78 is 5.60. The summed E-state index contributed by atoms with van der Waals surface area (Å²) >= 11 is 0. The molecule has 2 aliphatic heterocycles. The average molecular weight is 428 g/mol. The van der Waals surface area contributed by atoms with E-state index in [1.807, 2.05) is 0 Å². The van der Waals surface area contributed by atoms with Gasteiger partial charge in [0, 0.05) is 12.8 Å². The average Bonchev–Trinajstić information content (AvgIpc) is 3.00. The topological polar surface area (TPSA) is 110 Å². The number of nitrogens with one attached hydrogen (secondary N) is 1. The van der Waals surface area contributed by atoms with Crippen LogP contribution in [0.5, 0.6) is 5.75 Å². The summed E-state index contributed by atoms with van der Waals surface area (Å²) in [4.78, 5) is 62.4. The summed E-state index contributed by atoms with van der Waals surface area (Å²) in [6.45, 7) is 1.98. The third-order valence-corrected chi connectivity index (χ3v) is 5.63. The second-order valence-corrected chi connectivity index (χ2v) is 7.97. The number of hydrogen-bond donors (Lipinski definition) is 1. The molecule has 1 saturated heterocycles. The van der Waals surface area contributed by atoms with Gasteiger partial charge in [0.15, 0.2) is 5.78 Å². The molecule has 2 aliphatic rings. The van der Waals surface area contributed by atoms with Gasteiger partial charge in [-0.25, -0.2) is 0 Å². The Kier molecular flexibility index (Phi) is 7.55. The van der Waals surface area contributed by atoms with E-state index in [2.05, 4.69) is 12.2 Å². The molecule has 166 valence electrons. The number of ketones is 1. The Bertz CT molecular complexity index is 894. The third-order valence-electron chi connectivity index (χ3n) is 5.63. The second-order valence-electron chi connectivity index (χ2n) is 7.97. The molecule has 8 heteroatoms. The molecule has 8 nitrogen and oxygen atoms in total. The van der Waals surface area contributed by atoms with Crippen LogP contribution in [-0.2, 0) is 14.4 Å². The zero-order chi connectivity index (χ0) is 22.4. The summed E-state index contributed by atoms with van der Waals surface area (Å²) in [5.41, 5.74) is 0.195. The molecule has 31 heavy (non-hydrogen) atoms. The zero-order valence-corrected chi connectivity index (χ0v) is 17.8. The minimum atomic E-state index is -1.03. The van der Waals surface area contributed by atoms with Crippen molar-refractivity contribution in [3.05, 3.63) is 29.3 Å². The lowest BCUT2D eigenvalue weighted by molar-refractivity contribution is -0.136. The number of benzene rings is 1. The highest BCUT2D eigenvalue weighted by molar-refractivity contribution is 6.24. The number of hydrogen-bond acceptors (Lipinski definition) is 6. The van der Waals surface area contributed by atoms with Crippen molar-refractivity contribution in [1.82, 2.24) is 10.2 Å². The van der Waals surface area contributed by atoms with Gasteiger partial charge in [-0.3, -0.25) is 34.2 Å². The highest BCUT2D eigenvalue weighted by Crippen LogP contribution is 2.33. The highest BCUT2D eigenvalue weighted by atomic mass is 16.5. The molecule has 1 aromatic rings. The van der Waals surface area contributed by atoms with Crippen LogP contribution in [0.2, 0.25) is 0 Å². The molecule has 1 unspecified atom stereocenters. The van der Waals surface area contributed by atoms with Crippen LogP contribution in [-0.4, -0.2) is 47.0 Å². The lowest BCUT2D eigenvalue weighted by atomic mass is 10.0. The third kappa shape index (κ3) is 5.18. The van der Waals surface area contributed by atoms with E-state index in [4.69, 9.17) is 4.74 Å². The van der Waals surface area contributed by atoms with Crippen LogP contribution >= 0.6 is 0 Å². The van der Waals surface area contributed by atoms with Crippen LogP contribution in [0.4, 0.5) is 0 Å². The van der Waals surface area contributed by atoms with E-state index >= 15 is 0 Å². The van der Waals surface area contributed by atoms with Crippen molar-refractivity contribution in [3.8, 4) is 5.75 Å². The number of amides is 4. The first-order chi connectivity index (χ1) is 14.9. The first-order valence-electron chi connectivity index (χ1n) is 10.9. The van der Waals surface area contributed by atoms with E-state index in [0.717, 1.165) is 24.2 Å². The molecule has 0 radical (unpaired) electrons. The van der Waals surface area contributed by atoms with Gasteiger partial charge in [0.05, 0.1) is 11.1 Å². The van der Waals surface area contributed by atoms with Gasteiger partial charge in [0.2, 0.25) is 11.8 Å². The zero-order valence-electron chi connectivity index (χ0n) is 17.8. The van der Waals surface area contributed by atoms with Crippen LogP contribution in [0, 0.1) is 0 Å². The lowest BCUT2D eigenvalue weighted by Gasteiger charge is -2.27. The van der Waals surface area contributed by atoms with E-state index in [0.29, 0.717) is 6.42 Å². The van der Waals surface area contributed by atoms with E-state index in [1.54, 1.807) is 6.07 Å². The number of rotatable bonds is 11. The quantitative estimate of drug-likeness (QED) is 0.429. The van der Waals surface area contributed by atoms with Crippen molar-refractivity contribution in [2.75, 3.05) is 6.61 Å². The molecule has 1 N–H and O–H groups in total. The molecule has 0 aliphatic carbocycles. The molecule has 2 heterocycles. The maximum Gasteiger partial charge on any atom is 0.266 e. The van der Waals surface area contributed by atoms with Gasteiger partial charge < -0.3 is 4.74 Å². The van der Waals surface area contributed by atoms with Crippen molar-refractivity contribution in [3.63, 3.8) is 0 Å². The predicted octanol–water partition coefficient (Wildman–Crippen LogP) is 2.79. The van der Waals surface area contributed by atoms with Crippen LogP contribution in [0.3, 0.4) is 0 Å². The number of ether oxygens (including phenoxy) is 1. The molecule has 0 aromatic heterocycles. The van der Waals surface area contributed by atoms with Gasteiger partial charge in [-0.1, -0.05) is 45.1 Å². The molecule has 1 fully saturated rings. The Balaban J connectivity index is 1.61. The Labute approximate surface area is 181 Å². The molecule has 1 atom stereocenters. The van der Waals surface area contributed by atoms with Gasteiger partial charge >= 0.3 is 0 Å². The summed E-state index contributed by atoms with van der Waals surface area (Å²) in [5.74, 6) is -2.24. The monoisotopic (exact) mass is 428 g/mol. The molecule has 0 spiro atoms. The van der Waals surface area contributed by atoms with E-state index in [9.17, 15) is 24.0 Å². The van der Waals surface area contributed by atoms with Crippen molar-refractivity contribution >= 4 is 29.4 Å². The summed E-state index contributed by atoms with van der Waals surface area (Å²) in [6.07, 6.45) is 7.03.